The molecule has 0 aliphatic rings. The van der Waals surface area contributed by atoms with Gasteiger partial charge in [0.15, 0.2) is 0 Å². The molecule has 0 unspecified atom stereocenters. The van der Waals surface area contributed by atoms with Gasteiger partial charge in [0.05, 0.1) is 5.75 Å². The molecule has 0 fully saturated rings. The molecule has 0 heterocycles. The minimum atomic E-state index is -3.53. The van der Waals surface area contributed by atoms with Crippen LogP contribution in [0.3, 0.4) is 0 Å². The van der Waals surface area contributed by atoms with Gasteiger partial charge < -0.3 is 0 Å². The molecular weight excluding hydrogens is 296 g/mol. The molecule has 112 valence electrons. The predicted octanol–water partition coefficient (Wildman–Crippen LogP) is 2.89. The highest BCUT2D eigenvalue weighted by molar-refractivity contribution is 7.88. The van der Waals surface area contributed by atoms with E-state index >= 15 is 0 Å². The number of sulfonamides is 1. The van der Waals surface area contributed by atoms with Gasteiger partial charge in [-0.15, -0.1) is 0 Å². The van der Waals surface area contributed by atoms with Crippen molar-refractivity contribution in [2.45, 2.75) is 19.2 Å². The lowest BCUT2D eigenvalue weighted by atomic mass is 10.1. The number of nitrogens with one attached hydrogen (secondary N) is 1. The molecule has 1 N–H and O–H groups in total. The molecule has 0 atom stereocenters. The van der Waals surface area contributed by atoms with Crippen molar-refractivity contribution >= 4 is 10.0 Å². The Kier molecular flexibility index (Phi) is 4.69. The van der Waals surface area contributed by atoms with Crippen LogP contribution in [0.1, 0.15) is 16.7 Å². The van der Waals surface area contributed by atoms with Crippen molar-refractivity contribution in [3.63, 3.8) is 0 Å². The van der Waals surface area contributed by atoms with Crippen LogP contribution >= 0.6 is 0 Å². The van der Waals surface area contributed by atoms with E-state index in [-0.39, 0.29) is 18.1 Å². The fourth-order valence-corrected chi connectivity index (χ4v) is 2.98. The van der Waals surface area contributed by atoms with Crippen LogP contribution < -0.4 is 4.72 Å². The van der Waals surface area contributed by atoms with Gasteiger partial charge in [0.2, 0.25) is 10.0 Å². The Hall–Kier alpha value is -1.79. The van der Waals surface area contributed by atoms with Crippen LogP contribution in [-0.2, 0) is 22.3 Å². The lowest BCUT2D eigenvalue weighted by Gasteiger charge is -2.08. The van der Waals surface area contributed by atoms with E-state index in [4.69, 9.17) is 0 Å². The highest BCUT2D eigenvalue weighted by Gasteiger charge is 2.11. The second-order valence-corrected chi connectivity index (χ2v) is 6.60. The zero-order valence-corrected chi connectivity index (χ0v) is 12.3. The summed E-state index contributed by atoms with van der Waals surface area (Å²) in [5, 5.41) is 0. The molecule has 0 bridgehead atoms. The molecule has 2 aromatic rings. The van der Waals surface area contributed by atoms with E-state index in [1.54, 1.807) is 13.0 Å². The standard InChI is InChI=1S/C15H15F2NO2S/c1-11-8-13(4-7-15(11)17)9-18-21(19,20)10-12-2-5-14(16)6-3-12/h2-8,18H,9-10H2,1H3. The van der Waals surface area contributed by atoms with E-state index in [0.717, 1.165) is 0 Å². The van der Waals surface area contributed by atoms with Crippen LogP contribution in [0.5, 0.6) is 0 Å². The van der Waals surface area contributed by atoms with Crippen molar-refractivity contribution in [3.8, 4) is 0 Å². The lowest BCUT2D eigenvalue weighted by molar-refractivity contribution is 0.580. The van der Waals surface area contributed by atoms with Crippen LogP contribution in [-0.4, -0.2) is 8.42 Å². The Morgan fingerprint density at radius 2 is 1.62 bits per heavy atom. The molecule has 0 aromatic heterocycles. The maximum absolute atomic E-state index is 13.1. The molecule has 0 aliphatic heterocycles. The van der Waals surface area contributed by atoms with Crippen molar-refractivity contribution in [1.29, 1.82) is 0 Å². The molecular formula is C15H15F2NO2S. The molecule has 0 saturated carbocycles. The molecule has 0 radical (unpaired) electrons. The monoisotopic (exact) mass is 311 g/mol. The van der Waals surface area contributed by atoms with Gasteiger partial charge in [0, 0.05) is 6.54 Å². The topological polar surface area (TPSA) is 46.2 Å². The first kappa shape index (κ1) is 15.6. The van der Waals surface area contributed by atoms with Gasteiger partial charge in [-0.25, -0.2) is 21.9 Å². The Balaban J connectivity index is 2.00. The van der Waals surface area contributed by atoms with Crippen LogP contribution in [0, 0.1) is 18.6 Å². The Labute approximate surface area is 122 Å². The fourth-order valence-electron chi connectivity index (χ4n) is 1.86. The summed E-state index contributed by atoms with van der Waals surface area (Å²) in [5.74, 6) is -0.966. The van der Waals surface area contributed by atoms with Crippen molar-refractivity contribution in [2.75, 3.05) is 0 Å². The lowest BCUT2D eigenvalue weighted by Crippen LogP contribution is -2.24. The van der Waals surface area contributed by atoms with E-state index < -0.39 is 15.8 Å². The molecule has 2 aromatic carbocycles. The molecule has 0 aliphatic carbocycles. The quantitative estimate of drug-likeness (QED) is 0.923. The SMILES string of the molecule is Cc1cc(CNS(=O)(=O)Cc2ccc(F)cc2)ccc1F. The second-order valence-electron chi connectivity index (χ2n) is 4.79. The minimum Gasteiger partial charge on any atom is -0.212 e. The molecule has 2 rings (SSSR count). The molecule has 21 heavy (non-hydrogen) atoms. The summed E-state index contributed by atoms with van der Waals surface area (Å²) in [6, 6.07) is 9.72. The van der Waals surface area contributed by atoms with Crippen molar-refractivity contribution in [3.05, 3.63) is 70.8 Å². The summed E-state index contributed by atoms with van der Waals surface area (Å²) >= 11 is 0. The molecule has 0 saturated heterocycles. The summed E-state index contributed by atoms with van der Waals surface area (Å²) < 4.78 is 52.2. The van der Waals surface area contributed by atoms with Gasteiger partial charge in [-0.3, -0.25) is 0 Å². The van der Waals surface area contributed by atoms with Crippen LogP contribution in [0.2, 0.25) is 0 Å². The third-order valence-corrected chi connectivity index (χ3v) is 4.29. The number of halogens is 2. The molecule has 3 nitrogen and oxygen atoms in total. The van der Waals surface area contributed by atoms with Crippen molar-refractivity contribution < 1.29 is 17.2 Å². The third-order valence-electron chi connectivity index (χ3n) is 2.99. The molecule has 6 heteroatoms. The summed E-state index contributed by atoms with van der Waals surface area (Å²) in [6.07, 6.45) is 0. The van der Waals surface area contributed by atoms with Crippen molar-refractivity contribution in [2.24, 2.45) is 0 Å². The first-order chi connectivity index (χ1) is 9.85. The first-order valence-electron chi connectivity index (χ1n) is 6.32. The minimum absolute atomic E-state index is 0.0879. The maximum Gasteiger partial charge on any atom is 0.216 e. The number of aryl methyl sites for hydroxylation is 1. The highest BCUT2D eigenvalue weighted by atomic mass is 32.2. The zero-order valence-electron chi connectivity index (χ0n) is 11.4. The van der Waals surface area contributed by atoms with E-state index in [2.05, 4.69) is 4.72 Å². The Morgan fingerprint density at radius 3 is 2.24 bits per heavy atom. The van der Waals surface area contributed by atoms with Crippen LogP contribution in [0.25, 0.3) is 0 Å². The van der Waals surface area contributed by atoms with Gasteiger partial charge in [-0.1, -0.05) is 24.3 Å². The Morgan fingerprint density at radius 1 is 1.00 bits per heavy atom. The zero-order chi connectivity index (χ0) is 15.5. The van der Waals surface area contributed by atoms with Gasteiger partial charge in [-0.05, 0) is 41.8 Å². The third kappa shape index (κ3) is 4.61. The van der Waals surface area contributed by atoms with E-state index in [0.29, 0.717) is 16.7 Å². The highest BCUT2D eigenvalue weighted by Crippen LogP contribution is 2.11. The first-order valence-corrected chi connectivity index (χ1v) is 7.98. The largest absolute Gasteiger partial charge is 0.216 e. The predicted molar refractivity (Wildman–Crippen MR) is 77.0 cm³/mol. The maximum atomic E-state index is 13.1. The molecule has 0 spiro atoms. The summed E-state index contributed by atoms with van der Waals surface area (Å²) in [4.78, 5) is 0. The second kappa shape index (κ2) is 6.32. The van der Waals surface area contributed by atoms with Gasteiger partial charge in [0.1, 0.15) is 11.6 Å². The van der Waals surface area contributed by atoms with E-state index in [1.165, 1.54) is 36.4 Å². The Bertz CT molecular complexity index is 728. The van der Waals surface area contributed by atoms with Gasteiger partial charge in [-0.2, -0.15) is 0 Å². The number of benzene rings is 2. The smallest absolute Gasteiger partial charge is 0.212 e. The molecule has 0 amide bonds. The number of hydrogen-bond acceptors (Lipinski definition) is 2. The average Bonchev–Trinajstić information content (AvgIpc) is 2.43. The average molecular weight is 311 g/mol. The number of hydrogen-bond donors (Lipinski definition) is 1. The summed E-state index contributed by atoms with van der Waals surface area (Å²) in [7, 11) is -3.53. The van der Waals surface area contributed by atoms with Gasteiger partial charge in [0.25, 0.3) is 0 Å². The normalized spacial score (nSPS) is 11.6. The van der Waals surface area contributed by atoms with Gasteiger partial charge >= 0.3 is 0 Å². The van der Waals surface area contributed by atoms with Crippen LogP contribution in [0.15, 0.2) is 42.5 Å². The van der Waals surface area contributed by atoms with E-state index in [1.807, 2.05) is 0 Å². The summed E-state index contributed by atoms with van der Waals surface area (Å²) in [6.45, 7) is 1.70. The van der Waals surface area contributed by atoms with Crippen LogP contribution in [0.4, 0.5) is 8.78 Å². The number of rotatable bonds is 5. The fraction of sp³-hybridized carbons (Fsp3) is 0.200. The van der Waals surface area contributed by atoms with E-state index in [9.17, 15) is 17.2 Å². The van der Waals surface area contributed by atoms with Crippen molar-refractivity contribution in [1.82, 2.24) is 4.72 Å². The summed E-state index contributed by atoms with van der Waals surface area (Å²) in [5.41, 5.74) is 1.64.